The molecule has 1 N–H and O–H groups in total. The molecule has 138 valence electrons. The van der Waals surface area contributed by atoms with Gasteiger partial charge in [-0.1, -0.05) is 6.07 Å². The van der Waals surface area contributed by atoms with E-state index in [0.717, 1.165) is 25.0 Å². The fraction of sp³-hybridized carbons (Fsp3) is 0.368. The third-order valence-corrected chi connectivity index (χ3v) is 3.96. The lowest BCUT2D eigenvalue weighted by Crippen LogP contribution is -2.05. The van der Waals surface area contributed by atoms with Gasteiger partial charge < -0.3 is 14.6 Å². The Labute approximate surface area is 149 Å². The number of pyridine rings is 1. The Morgan fingerprint density at radius 1 is 1.19 bits per heavy atom. The van der Waals surface area contributed by atoms with E-state index in [-0.39, 0.29) is 25.0 Å². The van der Waals surface area contributed by atoms with Crippen LogP contribution in [0, 0.1) is 17.6 Å². The summed E-state index contributed by atoms with van der Waals surface area (Å²) in [5.74, 6) is -2.22. The fourth-order valence-electron chi connectivity index (χ4n) is 2.39. The highest BCUT2D eigenvalue weighted by atomic mass is 19.1. The van der Waals surface area contributed by atoms with Gasteiger partial charge in [0.15, 0.2) is 17.4 Å². The van der Waals surface area contributed by atoms with Gasteiger partial charge >= 0.3 is 5.97 Å². The summed E-state index contributed by atoms with van der Waals surface area (Å²) in [7, 11) is 0. The number of benzene rings is 1. The zero-order valence-electron chi connectivity index (χ0n) is 14.1. The van der Waals surface area contributed by atoms with Crippen molar-refractivity contribution in [2.24, 2.45) is 5.92 Å². The summed E-state index contributed by atoms with van der Waals surface area (Å²) in [6, 6.07) is 7.35. The lowest BCUT2D eigenvalue weighted by Gasteiger charge is -2.10. The Morgan fingerprint density at radius 3 is 2.58 bits per heavy atom. The van der Waals surface area contributed by atoms with Gasteiger partial charge in [-0.05, 0) is 43.4 Å². The van der Waals surface area contributed by atoms with E-state index in [1.807, 2.05) is 0 Å². The number of hydrogen-bond acceptors (Lipinski definition) is 4. The van der Waals surface area contributed by atoms with Crippen molar-refractivity contribution in [1.29, 1.82) is 0 Å². The van der Waals surface area contributed by atoms with Crippen LogP contribution in [0.2, 0.25) is 0 Å². The van der Waals surface area contributed by atoms with Crippen molar-refractivity contribution < 1.29 is 28.2 Å². The van der Waals surface area contributed by atoms with Gasteiger partial charge in [-0.25, -0.2) is 13.8 Å². The molecule has 0 amide bonds. The van der Waals surface area contributed by atoms with Crippen LogP contribution in [0.3, 0.4) is 0 Å². The Morgan fingerprint density at radius 2 is 1.92 bits per heavy atom. The summed E-state index contributed by atoms with van der Waals surface area (Å²) in [6.07, 6.45) is 2.35. The highest BCUT2D eigenvalue weighted by Crippen LogP contribution is 2.31. The first-order valence-corrected chi connectivity index (χ1v) is 8.47. The third-order valence-electron chi connectivity index (χ3n) is 3.96. The van der Waals surface area contributed by atoms with Gasteiger partial charge in [-0.2, -0.15) is 0 Å². The molecule has 2 aromatic rings. The van der Waals surface area contributed by atoms with Crippen LogP contribution in [0.5, 0.6) is 11.6 Å². The predicted octanol–water partition coefficient (Wildman–Crippen LogP) is 4.06. The molecule has 5 nitrogen and oxygen atoms in total. The minimum Gasteiger partial charge on any atom is -0.488 e. The molecule has 1 heterocycles. The molecule has 7 heteroatoms. The second-order valence-corrected chi connectivity index (χ2v) is 6.23. The SMILES string of the molecule is O=C(O)CCCOc1c(F)cc(-c2cccc(OCC3CC3)n2)cc1F. The molecule has 1 saturated carbocycles. The summed E-state index contributed by atoms with van der Waals surface area (Å²) in [5.41, 5.74) is 0.670. The van der Waals surface area contributed by atoms with Crippen LogP contribution in [0.1, 0.15) is 25.7 Å². The predicted molar refractivity (Wildman–Crippen MR) is 90.2 cm³/mol. The Bertz CT molecular complexity index is 770. The molecule has 0 aliphatic heterocycles. The van der Waals surface area contributed by atoms with Crippen molar-refractivity contribution in [2.45, 2.75) is 25.7 Å². The van der Waals surface area contributed by atoms with Gasteiger partial charge in [0.25, 0.3) is 0 Å². The number of aromatic nitrogens is 1. The molecule has 0 spiro atoms. The second-order valence-electron chi connectivity index (χ2n) is 6.23. The largest absolute Gasteiger partial charge is 0.488 e. The second kappa shape index (κ2) is 8.12. The normalized spacial score (nSPS) is 13.5. The summed E-state index contributed by atoms with van der Waals surface area (Å²) >= 11 is 0. The van der Waals surface area contributed by atoms with Crippen LogP contribution in [0.15, 0.2) is 30.3 Å². The first-order valence-electron chi connectivity index (χ1n) is 8.47. The van der Waals surface area contributed by atoms with Crippen LogP contribution in [-0.4, -0.2) is 29.3 Å². The topological polar surface area (TPSA) is 68.7 Å². The first kappa shape index (κ1) is 18.1. The maximum atomic E-state index is 14.2. The zero-order valence-corrected chi connectivity index (χ0v) is 14.1. The van der Waals surface area contributed by atoms with Gasteiger partial charge in [-0.3, -0.25) is 4.79 Å². The standard InChI is InChI=1S/C19H19F2NO4/c20-14-9-13(10-15(21)19(14)25-8-2-5-18(23)24)16-3-1-4-17(22-16)26-11-12-6-7-12/h1,3-4,9-10,12H,2,5-8,11H2,(H,23,24). The van der Waals surface area contributed by atoms with Crippen LogP contribution in [-0.2, 0) is 4.79 Å². The minimum atomic E-state index is -0.986. The molecule has 0 bridgehead atoms. The Hall–Kier alpha value is -2.70. The zero-order chi connectivity index (χ0) is 18.5. The average Bonchev–Trinajstić information content (AvgIpc) is 3.43. The molecule has 0 atom stereocenters. The quantitative estimate of drug-likeness (QED) is 0.681. The van der Waals surface area contributed by atoms with E-state index in [0.29, 0.717) is 24.1 Å². The van der Waals surface area contributed by atoms with E-state index in [4.69, 9.17) is 14.6 Å². The van der Waals surface area contributed by atoms with Crippen molar-refractivity contribution in [1.82, 2.24) is 4.98 Å². The molecule has 1 aromatic carbocycles. The first-order chi connectivity index (χ1) is 12.5. The highest BCUT2D eigenvalue weighted by molar-refractivity contribution is 5.66. The number of aliphatic carboxylic acids is 1. The number of carboxylic acids is 1. The van der Waals surface area contributed by atoms with Gasteiger partial charge in [-0.15, -0.1) is 0 Å². The van der Waals surface area contributed by atoms with Gasteiger partial charge in [0.1, 0.15) is 0 Å². The Balaban J connectivity index is 1.70. The fourth-order valence-corrected chi connectivity index (χ4v) is 2.39. The average molecular weight is 363 g/mol. The maximum absolute atomic E-state index is 14.2. The smallest absolute Gasteiger partial charge is 0.303 e. The number of halogens is 2. The van der Waals surface area contributed by atoms with Crippen molar-refractivity contribution in [3.8, 4) is 22.9 Å². The summed E-state index contributed by atoms with van der Waals surface area (Å²) in [6.45, 7) is 0.518. The molecule has 3 rings (SSSR count). The Kier molecular flexibility index (Phi) is 5.65. The molecule has 0 radical (unpaired) electrons. The van der Waals surface area contributed by atoms with E-state index in [1.165, 1.54) is 0 Å². The van der Waals surface area contributed by atoms with E-state index in [1.54, 1.807) is 18.2 Å². The van der Waals surface area contributed by atoms with Crippen molar-refractivity contribution >= 4 is 5.97 Å². The van der Waals surface area contributed by atoms with E-state index in [2.05, 4.69) is 4.98 Å². The van der Waals surface area contributed by atoms with Crippen LogP contribution >= 0.6 is 0 Å². The monoisotopic (exact) mass is 363 g/mol. The highest BCUT2D eigenvalue weighted by Gasteiger charge is 2.22. The summed E-state index contributed by atoms with van der Waals surface area (Å²) < 4.78 is 39.0. The number of carboxylic acid groups (broad SMARTS) is 1. The molecular weight excluding hydrogens is 344 g/mol. The van der Waals surface area contributed by atoms with Crippen LogP contribution in [0.25, 0.3) is 11.3 Å². The number of rotatable bonds is 9. The molecular formula is C19H19F2NO4. The van der Waals surface area contributed by atoms with E-state index < -0.39 is 23.4 Å². The summed E-state index contributed by atoms with van der Waals surface area (Å²) in [4.78, 5) is 14.7. The van der Waals surface area contributed by atoms with E-state index >= 15 is 0 Å². The van der Waals surface area contributed by atoms with Crippen LogP contribution < -0.4 is 9.47 Å². The van der Waals surface area contributed by atoms with Crippen LogP contribution in [0.4, 0.5) is 8.78 Å². The maximum Gasteiger partial charge on any atom is 0.303 e. The lowest BCUT2D eigenvalue weighted by atomic mass is 10.1. The van der Waals surface area contributed by atoms with Crippen molar-refractivity contribution in [3.05, 3.63) is 42.0 Å². The molecule has 0 saturated heterocycles. The molecule has 1 fully saturated rings. The molecule has 1 aromatic heterocycles. The summed E-state index contributed by atoms with van der Waals surface area (Å²) in [5, 5.41) is 8.56. The minimum absolute atomic E-state index is 0.0811. The van der Waals surface area contributed by atoms with Crippen molar-refractivity contribution in [2.75, 3.05) is 13.2 Å². The molecule has 0 unspecified atom stereocenters. The molecule has 1 aliphatic rings. The number of carbonyl (C=O) groups is 1. The lowest BCUT2D eigenvalue weighted by molar-refractivity contribution is -0.137. The van der Waals surface area contributed by atoms with E-state index in [9.17, 15) is 13.6 Å². The number of hydrogen-bond donors (Lipinski definition) is 1. The number of nitrogens with zero attached hydrogens (tertiary/aromatic N) is 1. The van der Waals surface area contributed by atoms with Gasteiger partial charge in [0.05, 0.1) is 18.9 Å². The third kappa shape index (κ3) is 4.91. The van der Waals surface area contributed by atoms with Gasteiger partial charge in [0, 0.05) is 18.1 Å². The van der Waals surface area contributed by atoms with Crippen molar-refractivity contribution in [3.63, 3.8) is 0 Å². The molecule has 26 heavy (non-hydrogen) atoms. The van der Waals surface area contributed by atoms with Gasteiger partial charge in [0.2, 0.25) is 5.88 Å². The number of ether oxygens (including phenoxy) is 2. The molecule has 1 aliphatic carbocycles.